The van der Waals surface area contributed by atoms with Gasteiger partial charge < -0.3 is 19.8 Å². The number of ether oxygens (including phenoxy) is 1. The van der Waals surface area contributed by atoms with Gasteiger partial charge in [0.25, 0.3) is 5.24 Å². The standard InChI is InChI=1S/C18H18ClNO4/c1-20-5-4-18-10-2-3-12(21)16(18)24-15-13(22)7-9(17(19)23)8(14(15)18)6-11(10)20/h2-3,7,10-12,16,21-22H,4-6H2,1H3/t10-,11+,12-,16-,18-/m0/s1. The third-order valence-corrected chi connectivity index (χ3v) is 6.69. The molecule has 0 unspecified atom stereocenters. The molecule has 2 aliphatic heterocycles. The smallest absolute Gasteiger partial charge is 0.252 e. The average Bonchev–Trinajstić information content (AvgIpc) is 2.89. The van der Waals surface area contributed by atoms with Crippen LogP contribution in [-0.4, -0.2) is 52.2 Å². The number of phenols is 1. The molecule has 4 aliphatic rings. The Hall–Kier alpha value is -1.56. The van der Waals surface area contributed by atoms with Gasteiger partial charge in [0.1, 0.15) is 12.2 Å². The van der Waals surface area contributed by atoms with Crippen molar-refractivity contribution in [3.63, 3.8) is 0 Å². The quantitative estimate of drug-likeness (QED) is 0.596. The fourth-order valence-electron chi connectivity index (χ4n) is 5.50. The lowest BCUT2D eigenvalue weighted by Gasteiger charge is -2.56. The summed E-state index contributed by atoms with van der Waals surface area (Å²) in [5, 5.41) is 20.4. The predicted octanol–water partition coefficient (Wildman–Crippen LogP) is 1.58. The van der Waals surface area contributed by atoms with Crippen LogP contribution in [0.3, 0.4) is 0 Å². The second-order valence-corrected chi connectivity index (χ2v) is 7.73. The van der Waals surface area contributed by atoms with Crippen molar-refractivity contribution >= 4 is 16.8 Å². The molecular weight excluding hydrogens is 330 g/mol. The molecule has 2 aliphatic carbocycles. The molecule has 0 radical (unpaired) electrons. The van der Waals surface area contributed by atoms with Crippen LogP contribution in [0.2, 0.25) is 0 Å². The van der Waals surface area contributed by atoms with Crippen LogP contribution >= 0.6 is 11.6 Å². The molecular formula is C18H18ClNO4. The number of likely N-dealkylation sites (tertiary alicyclic amines) is 1. The average molecular weight is 348 g/mol. The number of aliphatic hydroxyl groups excluding tert-OH is 1. The van der Waals surface area contributed by atoms with Gasteiger partial charge in [0.05, 0.1) is 0 Å². The van der Waals surface area contributed by atoms with Gasteiger partial charge in [-0.3, -0.25) is 4.79 Å². The van der Waals surface area contributed by atoms with Crippen LogP contribution in [0.15, 0.2) is 18.2 Å². The molecule has 2 N–H and O–H groups in total. The highest BCUT2D eigenvalue weighted by molar-refractivity contribution is 6.68. The molecule has 1 saturated heterocycles. The Bertz CT molecular complexity index is 807. The summed E-state index contributed by atoms with van der Waals surface area (Å²) in [5.41, 5.74) is 1.74. The third kappa shape index (κ3) is 1.51. The van der Waals surface area contributed by atoms with Crippen molar-refractivity contribution in [2.45, 2.75) is 36.5 Å². The van der Waals surface area contributed by atoms with E-state index in [0.29, 0.717) is 17.7 Å². The zero-order chi connectivity index (χ0) is 16.8. The lowest BCUT2D eigenvalue weighted by molar-refractivity contribution is -0.0453. The van der Waals surface area contributed by atoms with Crippen molar-refractivity contribution in [3.8, 4) is 11.5 Å². The van der Waals surface area contributed by atoms with Gasteiger partial charge in [-0.1, -0.05) is 12.2 Å². The summed E-state index contributed by atoms with van der Waals surface area (Å²) in [4.78, 5) is 14.3. The van der Waals surface area contributed by atoms with E-state index < -0.39 is 22.9 Å². The van der Waals surface area contributed by atoms with E-state index in [1.54, 1.807) is 6.08 Å². The van der Waals surface area contributed by atoms with Crippen LogP contribution in [-0.2, 0) is 11.8 Å². The Morgan fingerprint density at radius 3 is 3.00 bits per heavy atom. The van der Waals surface area contributed by atoms with E-state index >= 15 is 0 Å². The topological polar surface area (TPSA) is 70.0 Å². The van der Waals surface area contributed by atoms with Crippen LogP contribution in [0.4, 0.5) is 0 Å². The Balaban J connectivity index is 1.87. The van der Waals surface area contributed by atoms with Gasteiger partial charge in [-0.25, -0.2) is 0 Å². The predicted molar refractivity (Wildman–Crippen MR) is 87.8 cm³/mol. The number of carbonyl (C=O) groups is 1. The fourth-order valence-corrected chi connectivity index (χ4v) is 5.67. The Labute approximate surface area is 144 Å². The molecule has 24 heavy (non-hydrogen) atoms. The summed E-state index contributed by atoms with van der Waals surface area (Å²) in [6.45, 7) is 0.889. The van der Waals surface area contributed by atoms with Crippen molar-refractivity contribution in [2.75, 3.05) is 13.6 Å². The lowest BCUT2D eigenvalue weighted by atomic mass is 9.53. The van der Waals surface area contributed by atoms with Gasteiger partial charge in [-0.2, -0.15) is 0 Å². The highest BCUT2D eigenvalue weighted by Crippen LogP contribution is 2.62. The summed E-state index contributed by atoms with van der Waals surface area (Å²) >= 11 is 5.80. The van der Waals surface area contributed by atoms with E-state index in [4.69, 9.17) is 16.3 Å². The first-order chi connectivity index (χ1) is 11.4. The summed E-state index contributed by atoms with van der Waals surface area (Å²) < 4.78 is 6.07. The second-order valence-electron chi connectivity index (χ2n) is 7.38. The minimum absolute atomic E-state index is 0.0650. The van der Waals surface area contributed by atoms with Crippen molar-refractivity contribution < 1.29 is 19.7 Å². The van der Waals surface area contributed by atoms with Gasteiger partial charge in [-0.05, 0) is 49.7 Å². The number of benzene rings is 1. The highest BCUT2D eigenvalue weighted by atomic mass is 35.5. The molecule has 6 heteroatoms. The molecule has 0 saturated carbocycles. The first-order valence-electron chi connectivity index (χ1n) is 8.27. The van der Waals surface area contributed by atoms with E-state index in [9.17, 15) is 15.0 Å². The summed E-state index contributed by atoms with van der Waals surface area (Å²) in [7, 11) is 2.09. The number of phenolic OH excluding ortho intramolecular Hbond substituents is 1. The van der Waals surface area contributed by atoms with E-state index in [2.05, 4.69) is 18.0 Å². The fraction of sp³-hybridized carbons (Fsp3) is 0.500. The number of hydrogen-bond acceptors (Lipinski definition) is 5. The molecule has 2 bridgehead atoms. The largest absolute Gasteiger partial charge is 0.504 e. The molecule has 5 atom stereocenters. The monoisotopic (exact) mass is 347 g/mol. The van der Waals surface area contributed by atoms with Crippen molar-refractivity contribution in [3.05, 3.63) is 34.9 Å². The highest BCUT2D eigenvalue weighted by Gasteiger charge is 2.64. The SMILES string of the molecule is CN1CC[C@]23c4c5c(C(=O)Cl)cc(O)c4O[C@H]2[C@@H](O)C=C[C@H]3[C@H]1C5. The Kier molecular flexibility index (Phi) is 2.79. The maximum absolute atomic E-state index is 12.0. The molecule has 5 rings (SSSR count). The first-order valence-corrected chi connectivity index (χ1v) is 8.65. The van der Waals surface area contributed by atoms with Crippen molar-refractivity contribution in [1.29, 1.82) is 0 Å². The molecule has 126 valence electrons. The summed E-state index contributed by atoms with van der Waals surface area (Å²) in [6, 6.07) is 1.64. The van der Waals surface area contributed by atoms with E-state index in [1.165, 1.54) is 6.07 Å². The number of carbonyl (C=O) groups excluding carboxylic acids is 1. The van der Waals surface area contributed by atoms with Gasteiger partial charge in [0.2, 0.25) is 0 Å². The zero-order valence-corrected chi connectivity index (χ0v) is 14.0. The van der Waals surface area contributed by atoms with Crippen LogP contribution in [0.1, 0.15) is 27.9 Å². The molecule has 0 amide bonds. The second kappa shape index (κ2) is 4.54. The number of rotatable bonds is 1. The number of aliphatic hydroxyl groups is 1. The van der Waals surface area contributed by atoms with E-state index in [-0.39, 0.29) is 17.7 Å². The van der Waals surface area contributed by atoms with E-state index in [1.807, 2.05) is 0 Å². The van der Waals surface area contributed by atoms with E-state index in [0.717, 1.165) is 24.1 Å². The number of halogens is 1. The number of nitrogens with zero attached hydrogens (tertiary/aromatic N) is 1. The number of aromatic hydroxyl groups is 1. The molecule has 1 aromatic rings. The molecule has 2 heterocycles. The number of piperidine rings is 1. The van der Waals surface area contributed by atoms with Gasteiger partial charge in [-0.15, -0.1) is 0 Å². The van der Waals surface area contributed by atoms with Crippen molar-refractivity contribution in [1.82, 2.24) is 4.90 Å². The summed E-state index contributed by atoms with van der Waals surface area (Å²) in [6.07, 6.45) is 4.25. The van der Waals surface area contributed by atoms with Gasteiger partial charge in [0.15, 0.2) is 11.5 Å². The maximum Gasteiger partial charge on any atom is 0.252 e. The number of likely N-dealkylation sites (N-methyl/N-ethyl adjacent to an activating group) is 1. The molecule has 1 fully saturated rings. The van der Waals surface area contributed by atoms with Crippen LogP contribution < -0.4 is 4.74 Å². The molecule has 5 nitrogen and oxygen atoms in total. The van der Waals surface area contributed by atoms with Crippen molar-refractivity contribution in [2.24, 2.45) is 5.92 Å². The van der Waals surface area contributed by atoms with Crippen LogP contribution in [0, 0.1) is 5.92 Å². The summed E-state index contributed by atoms with van der Waals surface area (Å²) in [5.74, 6) is 0.552. The molecule has 1 aromatic carbocycles. The lowest BCUT2D eigenvalue weighted by Crippen LogP contribution is -2.64. The zero-order valence-electron chi connectivity index (χ0n) is 13.2. The molecule has 1 spiro atoms. The third-order valence-electron chi connectivity index (χ3n) is 6.49. The maximum atomic E-state index is 12.0. The minimum atomic E-state index is -0.724. The number of hydrogen-bond donors (Lipinski definition) is 2. The van der Waals surface area contributed by atoms with Crippen LogP contribution in [0.25, 0.3) is 0 Å². The minimum Gasteiger partial charge on any atom is -0.504 e. The van der Waals surface area contributed by atoms with Gasteiger partial charge in [0, 0.05) is 28.5 Å². The van der Waals surface area contributed by atoms with Gasteiger partial charge >= 0.3 is 0 Å². The molecule has 0 aromatic heterocycles. The van der Waals surface area contributed by atoms with Crippen LogP contribution in [0.5, 0.6) is 11.5 Å². The Morgan fingerprint density at radius 1 is 1.46 bits per heavy atom. The normalized spacial score (nSPS) is 38.6. The first kappa shape index (κ1) is 14.8. The Morgan fingerprint density at radius 2 is 2.25 bits per heavy atom.